The zero-order chi connectivity index (χ0) is 19.3. The van der Waals surface area contributed by atoms with Crippen LogP contribution in [0.25, 0.3) is 0 Å². The minimum Gasteiger partial charge on any atom is -0.352 e. The quantitative estimate of drug-likeness (QED) is 0.662. The number of nitrogens with zero attached hydrogens (tertiary/aromatic N) is 1. The number of nitrogens with two attached hydrogens (primary N) is 1. The molecule has 1 aliphatic carbocycles. The van der Waals surface area contributed by atoms with Crippen LogP contribution in [0.2, 0.25) is 0 Å². The van der Waals surface area contributed by atoms with Gasteiger partial charge in [-0.1, -0.05) is 25.0 Å². The molecule has 29 heavy (non-hydrogen) atoms. The molecule has 0 bridgehead atoms. The van der Waals surface area contributed by atoms with E-state index in [0.717, 1.165) is 31.2 Å². The summed E-state index contributed by atoms with van der Waals surface area (Å²) in [5.74, 6) is -0.369. The lowest BCUT2D eigenvalue weighted by atomic mass is 9.74. The summed E-state index contributed by atoms with van der Waals surface area (Å²) in [4.78, 5) is 28.9. The highest BCUT2D eigenvalue weighted by Crippen LogP contribution is 2.31. The smallest absolute Gasteiger partial charge is 0.255 e. The summed E-state index contributed by atoms with van der Waals surface area (Å²) in [5.41, 5.74) is 7.97. The molecule has 1 aromatic heterocycles. The van der Waals surface area contributed by atoms with Gasteiger partial charge in [-0.3, -0.25) is 14.6 Å². The summed E-state index contributed by atoms with van der Waals surface area (Å²) in [5, 5.41) is 5.81. The molecule has 0 radical (unpaired) electrons. The molecule has 1 fully saturated rings. The van der Waals surface area contributed by atoms with Gasteiger partial charge in [0.25, 0.3) is 5.91 Å². The summed E-state index contributed by atoms with van der Waals surface area (Å²) in [6, 6.07) is 10.7. The second-order valence-electron chi connectivity index (χ2n) is 7.41. The van der Waals surface area contributed by atoms with E-state index in [4.69, 9.17) is 5.73 Å². The maximum Gasteiger partial charge on any atom is 0.255 e. The molecular weight excluding hydrogens is 411 g/mol. The van der Waals surface area contributed by atoms with Crippen LogP contribution in [0.4, 0.5) is 5.69 Å². The van der Waals surface area contributed by atoms with Gasteiger partial charge in [0.05, 0.1) is 5.92 Å². The third kappa shape index (κ3) is 6.70. The van der Waals surface area contributed by atoms with Gasteiger partial charge in [-0.25, -0.2) is 0 Å². The van der Waals surface area contributed by atoms with Gasteiger partial charge in [0.1, 0.15) is 0 Å². The monoisotopic (exact) mass is 438 g/mol. The Hall–Kier alpha value is -2.15. The number of hydrogen-bond acceptors (Lipinski definition) is 4. The summed E-state index contributed by atoms with van der Waals surface area (Å²) < 4.78 is 0. The lowest BCUT2D eigenvalue weighted by Crippen LogP contribution is -2.52. The fourth-order valence-electron chi connectivity index (χ4n) is 3.56. The molecule has 0 aliphatic heterocycles. The highest BCUT2D eigenvalue weighted by atomic mass is 35.5. The van der Waals surface area contributed by atoms with Gasteiger partial charge in [0.15, 0.2) is 0 Å². The first-order valence-corrected chi connectivity index (χ1v) is 9.32. The zero-order valence-electron chi connectivity index (χ0n) is 16.4. The molecule has 2 aromatic rings. The molecule has 2 atom stereocenters. The number of anilines is 1. The molecule has 0 saturated heterocycles. The molecule has 2 amide bonds. The molecule has 3 rings (SSSR count). The first-order valence-electron chi connectivity index (χ1n) is 9.32. The normalized spacial score (nSPS) is 20.6. The van der Waals surface area contributed by atoms with Crippen molar-refractivity contribution in [2.24, 2.45) is 11.7 Å². The summed E-state index contributed by atoms with van der Waals surface area (Å²) in [6.07, 6.45) is 7.06. The molecule has 1 saturated carbocycles. The van der Waals surface area contributed by atoms with E-state index >= 15 is 0 Å². The van der Waals surface area contributed by atoms with Gasteiger partial charge in [0, 0.05) is 35.7 Å². The summed E-state index contributed by atoms with van der Waals surface area (Å²) >= 11 is 0. The van der Waals surface area contributed by atoms with Crippen LogP contribution >= 0.6 is 24.8 Å². The number of rotatable bonds is 5. The average Bonchev–Trinajstić information content (AvgIpc) is 2.67. The minimum atomic E-state index is -0.450. The molecule has 0 spiro atoms. The number of halogens is 2. The predicted molar refractivity (Wildman–Crippen MR) is 120 cm³/mol. The first kappa shape index (κ1) is 24.9. The van der Waals surface area contributed by atoms with Crippen molar-refractivity contribution in [1.82, 2.24) is 10.3 Å². The van der Waals surface area contributed by atoms with E-state index in [-0.39, 0.29) is 42.5 Å². The highest BCUT2D eigenvalue weighted by Gasteiger charge is 2.37. The van der Waals surface area contributed by atoms with Crippen molar-refractivity contribution < 1.29 is 9.59 Å². The van der Waals surface area contributed by atoms with Gasteiger partial charge in [-0.15, -0.1) is 24.8 Å². The van der Waals surface area contributed by atoms with Crippen LogP contribution in [0.3, 0.4) is 0 Å². The highest BCUT2D eigenvalue weighted by molar-refractivity contribution is 6.04. The fourth-order valence-corrected chi connectivity index (χ4v) is 3.56. The predicted octanol–water partition coefficient (Wildman–Crippen LogP) is 3.70. The molecule has 4 N–H and O–H groups in total. The van der Waals surface area contributed by atoms with Crippen LogP contribution in [-0.4, -0.2) is 22.3 Å². The number of nitrogens with one attached hydrogen (secondary N) is 2. The van der Waals surface area contributed by atoms with Gasteiger partial charge >= 0.3 is 0 Å². The van der Waals surface area contributed by atoms with Crippen LogP contribution in [-0.2, 0) is 11.3 Å². The van der Waals surface area contributed by atoms with Crippen molar-refractivity contribution in [1.29, 1.82) is 0 Å². The third-order valence-electron chi connectivity index (χ3n) is 5.16. The Kier molecular flexibility index (Phi) is 9.56. The first-order chi connectivity index (χ1) is 13.0. The number of carbonyl (C=O) groups is 2. The Labute approximate surface area is 183 Å². The molecular formula is C21H28Cl2N4O2. The third-order valence-corrected chi connectivity index (χ3v) is 5.16. The second-order valence-corrected chi connectivity index (χ2v) is 7.41. The second kappa shape index (κ2) is 11.1. The molecule has 1 aliphatic rings. The van der Waals surface area contributed by atoms with Crippen molar-refractivity contribution in [3.63, 3.8) is 0 Å². The van der Waals surface area contributed by atoms with E-state index in [9.17, 15) is 9.59 Å². The number of pyridine rings is 1. The standard InChI is InChI=1S/C21H26N4O2.2ClH/c1-21(22)10-3-2-7-18(21)20(27)24-14-15-5-4-6-16(13-15)19(26)25-17-8-11-23-12-9-17;;/h4-6,8-9,11-13,18H,2-3,7,10,14,22H2,1H3,(H,24,27)(H,23,25,26);2*1H. The topological polar surface area (TPSA) is 97.1 Å². The van der Waals surface area contributed by atoms with Crippen molar-refractivity contribution >= 4 is 42.3 Å². The lowest BCUT2D eigenvalue weighted by molar-refractivity contribution is -0.128. The maximum absolute atomic E-state index is 12.6. The number of carbonyl (C=O) groups excluding carboxylic acids is 2. The van der Waals surface area contributed by atoms with E-state index in [1.165, 1.54) is 0 Å². The van der Waals surface area contributed by atoms with Crippen molar-refractivity contribution in [2.45, 2.75) is 44.7 Å². The summed E-state index contributed by atoms with van der Waals surface area (Å²) in [7, 11) is 0. The van der Waals surface area contributed by atoms with Gasteiger partial charge < -0.3 is 16.4 Å². The van der Waals surface area contributed by atoms with Gasteiger partial charge in [-0.2, -0.15) is 0 Å². The zero-order valence-corrected chi connectivity index (χ0v) is 18.0. The van der Waals surface area contributed by atoms with Crippen LogP contribution in [0.15, 0.2) is 48.8 Å². The molecule has 1 heterocycles. The number of aromatic nitrogens is 1. The van der Waals surface area contributed by atoms with Gasteiger partial charge in [0.2, 0.25) is 5.91 Å². The van der Waals surface area contributed by atoms with E-state index < -0.39 is 5.54 Å². The van der Waals surface area contributed by atoms with Gasteiger partial charge in [-0.05, 0) is 49.6 Å². The summed E-state index contributed by atoms with van der Waals surface area (Å²) in [6.45, 7) is 2.34. The van der Waals surface area contributed by atoms with Crippen LogP contribution in [0.5, 0.6) is 0 Å². The van der Waals surface area contributed by atoms with Crippen molar-refractivity contribution in [3.8, 4) is 0 Å². The number of hydrogen-bond donors (Lipinski definition) is 3. The van der Waals surface area contributed by atoms with E-state index in [0.29, 0.717) is 17.8 Å². The Balaban J connectivity index is 0.00000210. The van der Waals surface area contributed by atoms with Crippen LogP contribution in [0, 0.1) is 5.92 Å². The Morgan fingerprint density at radius 1 is 1.17 bits per heavy atom. The maximum atomic E-state index is 12.6. The van der Waals surface area contributed by atoms with Crippen molar-refractivity contribution in [3.05, 3.63) is 59.9 Å². The SMILES string of the molecule is CC1(N)CCCCC1C(=O)NCc1cccc(C(=O)Nc2ccncc2)c1.Cl.Cl. The molecule has 2 unspecified atom stereocenters. The number of amides is 2. The number of benzene rings is 1. The van der Waals surface area contributed by atoms with Crippen LogP contribution in [0.1, 0.15) is 48.5 Å². The average molecular weight is 439 g/mol. The van der Waals surface area contributed by atoms with E-state index in [2.05, 4.69) is 15.6 Å². The molecule has 8 heteroatoms. The minimum absolute atomic E-state index is 0. The fraction of sp³-hybridized carbons (Fsp3) is 0.381. The molecule has 158 valence electrons. The molecule has 1 aromatic carbocycles. The van der Waals surface area contributed by atoms with E-state index in [1.807, 2.05) is 19.1 Å². The van der Waals surface area contributed by atoms with Crippen LogP contribution < -0.4 is 16.4 Å². The Morgan fingerprint density at radius 2 is 1.90 bits per heavy atom. The largest absolute Gasteiger partial charge is 0.352 e. The van der Waals surface area contributed by atoms with Crippen molar-refractivity contribution in [2.75, 3.05) is 5.32 Å². The lowest BCUT2D eigenvalue weighted by Gasteiger charge is -2.37. The molecule has 6 nitrogen and oxygen atoms in total. The Morgan fingerprint density at radius 3 is 2.59 bits per heavy atom. The van der Waals surface area contributed by atoms with E-state index in [1.54, 1.807) is 36.7 Å². The Bertz CT molecular complexity index is 815.